The third-order valence-corrected chi connectivity index (χ3v) is 5.15. The van der Waals surface area contributed by atoms with Crippen molar-refractivity contribution in [3.8, 4) is 5.69 Å². The molecule has 4 rings (SSSR count). The van der Waals surface area contributed by atoms with Gasteiger partial charge >= 0.3 is 0 Å². The molecule has 0 spiro atoms. The van der Waals surface area contributed by atoms with Crippen LogP contribution < -0.4 is 0 Å². The van der Waals surface area contributed by atoms with E-state index in [1.807, 2.05) is 59.7 Å². The normalized spacial score (nSPS) is 16.8. The molecule has 1 saturated heterocycles. The zero-order valence-corrected chi connectivity index (χ0v) is 15.7. The Morgan fingerprint density at radius 1 is 1.22 bits per heavy atom. The number of para-hydroxylation sites is 1. The van der Waals surface area contributed by atoms with Gasteiger partial charge in [-0.05, 0) is 44.4 Å². The molecule has 7 nitrogen and oxygen atoms in total. The highest BCUT2D eigenvalue weighted by molar-refractivity contribution is 5.76. The first-order valence-electron chi connectivity index (χ1n) is 9.33. The number of aromatic nitrogens is 5. The second kappa shape index (κ2) is 7.34. The number of likely N-dealkylation sites (tertiary alicyclic amines) is 1. The molecular weight excluding hydrogens is 340 g/mol. The highest BCUT2D eigenvalue weighted by Gasteiger charge is 2.28. The van der Waals surface area contributed by atoms with Crippen molar-refractivity contribution in [2.24, 2.45) is 5.92 Å². The van der Waals surface area contributed by atoms with Crippen molar-refractivity contribution in [2.75, 3.05) is 13.1 Å². The first kappa shape index (κ1) is 17.5. The van der Waals surface area contributed by atoms with E-state index >= 15 is 0 Å². The highest BCUT2D eigenvalue weighted by Crippen LogP contribution is 2.22. The minimum Gasteiger partial charge on any atom is -0.341 e. The van der Waals surface area contributed by atoms with Gasteiger partial charge in [0.2, 0.25) is 5.91 Å². The van der Waals surface area contributed by atoms with Crippen LogP contribution in [0, 0.1) is 19.8 Å². The van der Waals surface area contributed by atoms with E-state index in [2.05, 4.69) is 15.3 Å². The van der Waals surface area contributed by atoms with Gasteiger partial charge in [0, 0.05) is 30.9 Å². The molecule has 0 N–H and O–H groups in total. The first-order valence-corrected chi connectivity index (χ1v) is 9.33. The predicted molar refractivity (Wildman–Crippen MR) is 101 cm³/mol. The third-order valence-electron chi connectivity index (χ3n) is 5.15. The minimum atomic E-state index is 0.133. The van der Waals surface area contributed by atoms with Gasteiger partial charge < -0.3 is 4.90 Å². The van der Waals surface area contributed by atoms with Crippen LogP contribution in [0.2, 0.25) is 0 Å². The summed E-state index contributed by atoms with van der Waals surface area (Å²) in [6, 6.07) is 12.1. The Hall–Kier alpha value is -2.96. The quantitative estimate of drug-likeness (QED) is 0.696. The fraction of sp³-hybridized carbons (Fsp3) is 0.400. The maximum Gasteiger partial charge on any atom is 0.244 e. The van der Waals surface area contributed by atoms with Crippen LogP contribution in [0.15, 0.2) is 42.7 Å². The molecule has 27 heavy (non-hydrogen) atoms. The zero-order valence-electron chi connectivity index (χ0n) is 15.7. The summed E-state index contributed by atoms with van der Waals surface area (Å²) in [7, 11) is 0. The number of amides is 1. The van der Waals surface area contributed by atoms with Crippen molar-refractivity contribution < 1.29 is 4.79 Å². The van der Waals surface area contributed by atoms with Gasteiger partial charge in [-0.15, -0.1) is 10.2 Å². The lowest BCUT2D eigenvalue weighted by Gasteiger charge is -2.17. The van der Waals surface area contributed by atoms with Gasteiger partial charge in [-0.25, -0.2) is 0 Å². The van der Waals surface area contributed by atoms with E-state index in [0.717, 1.165) is 48.8 Å². The summed E-state index contributed by atoms with van der Waals surface area (Å²) in [5, 5.41) is 12.8. The average Bonchev–Trinajstić information content (AvgIpc) is 3.37. The van der Waals surface area contributed by atoms with E-state index in [1.54, 1.807) is 11.0 Å². The molecule has 3 heterocycles. The molecule has 0 radical (unpaired) electrons. The van der Waals surface area contributed by atoms with Crippen LogP contribution in [-0.4, -0.2) is 48.4 Å². The lowest BCUT2D eigenvalue weighted by atomic mass is 10.0. The number of rotatable bonds is 5. The Kier molecular flexibility index (Phi) is 4.75. The standard InChI is InChI=1S/C20H24N6O/c1-15-10-16(2)26(23-15)13-20(27)24-9-8-17(12-24)11-19-22-21-14-25(19)18-6-4-3-5-7-18/h3-7,10,14,17H,8-9,11-13H2,1-2H3. The van der Waals surface area contributed by atoms with Crippen LogP contribution in [0.25, 0.3) is 5.69 Å². The molecule has 1 aliphatic heterocycles. The summed E-state index contributed by atoms with van der Waals surface area (Å²) in [6.45, 7) is 5.80. The summed E-state index contributed by atoms with van der Waals surface area (Å²) in [6.07, 6.45) is 3.56. The van der Waals surface area contributed by atoms with Crippen molar-refractivity contribution in [2.45, 2.75) is 33.2 Å². The second-order valence-corrected chi connectivity index (χ2v) is 7.24. The summed E-state index contributed by atoms with van der Waals surface area (Å²) >= 11 is 0. The molecule has 0 saturated carbocycles. The lowest BCUT2D eigenvalue weighted by Crippen LogP contribution is -2.32. The smallest absolute Gasteiger partial charge is 0.244 e. The Labute approximate surface area is 158 Å². The number of hydrogen-bond acceptors (Lipinski definition) is 4. The number of aryl methyl sites for hydroxylation is 2. The first-order chi connectivity index (χ1) is 13.1. The summed E-state index contributed by atoms with van der Waals surface area (Å²) in [5.41, 5.74) is 3.03. The van der Waals surface area contributed by atoms with Crippen molar-refractivity contribution in [1.29, 1.82) is 0 Å². The second-order valence-electron chi connectivity index (χ2n) is 7.24. The molecule has 7 heteroatoms. The molecule has 2 aromatic heterocycles. The van der Waals surface area contributed by atoms with E-state index in [4.69, 9.17) is 0 Å². The van der Waals surface area contributed by atoms with Crippen LogP contribution in [0.5, 0.6) is 0 Å². The van der Waals surface area contributed by atoms with E-state index in [9.17, 15) is 4.79 Å². The molecule has 1 unspecified atom stereocenters. The summed E-state index contributed by atoms with van der Waals surface area (Å²) < 4.78 is 3.82. The number of benzene rings is 1. The summed E-state index contributed by atoms with van der Waals surface area (Å²) in [4.78, 5) is 14.6. The van der Waals surface area contributed by atoms with Gasteiger partial charge in [-0.1, -0.05) is 18.2 Å². The minimum absolute atomic E-state index is 0.133. The van der Waals surface area contributed by atoms with Crippen LogP contribution in [0.4, 0.5) is 0 Å². The van der Waals surface area contributed by atoms with E-state index in [-0.39, 0.29) is 5.91 Å². The fourth-order valence-corrected chi connectivity index (χ4v) is 3.75. The van der Waals surface area contributed by atoms with E-state index in [1.165, 1.54) is 0 Å². The third kappa shape index (κ3) is 3.77. The fourth-order valence-electron chi connectivity index (χ4n) is 3.75. The maximum absolute atomic E-state index is 12.6. The Bertz CT molecular complexity index is 929. The number of hydrogen-bond donors (Lipinski definition) is 0. The van der Waals surface area contributed by atoms with Gasteiger partial charge in [-0.2, -0.15) is 5.10 Å². The molecule has 1 fully saturated rings. The van der Waals surface area contributed by atoms with E-state index in [0.29, 0.717) is 12.5 Å². The number of carbonyl (C=O) groups excluding carboxylic acids is 1. The Morgan fingerprint density at radius 3 is 2.78 bits per heavy atom. The van der Waals surface area contributed by atoms with Crippen LogP contribution in [0.3, 0.4) is 0 Å². The monoisotopic (exact) mass is 364 g/mol. The van der Waals surface area contributed by atoms with Gasteiger partial charge in [0.25, 0.3) is 0 Å². The number of carbonyl (C=O) groups is 1. The number of nitrogens with zero attached hydrogens (tertiary/aromatic N) is 6. The van der Waals surface area contributed by atoms with Crippen LogP contribution >= 0.6 is 0 Å². The molecule has 3 aromatic rings. The Balaban J connectivity index is 1.39. The topological polar surface area (TPSA) is 68.8 Å². The van der Waals surface area contributed by atoms with Crippen molar-refractivity contribution in [3.63, 3.8) is 0 Å². The zero-order chi connectivity index (χ0) is 18.8. The SMILES string of the molecule is Cc1cc(C)n(CC(=O)N2CCC(Cc3nncn3-c3ccccc3)C2)n1. The van der Waals surface area contributed by atoms with Crippen molar-refractivity contribution in [1.82, 2.24) is 29.4 Å². The molecule has 140 valence electrons. The molecule has 1 amide bonds. The average molecular weight is 364 g/mol. The van der Waals surface area contributed by atoms with Crippen molar-refractivity contribution in [3.05, 3.63) is 59.9 Å². The maximum atomic E-state index is 12.6. The lowest BCUT2D eigenvalue weighted by molar-refractivity contribution is -0.131. The van der Waals surface area contributed by atoms with Gasteiger partial charge in [-0.3, -0.25) is 14.0 Å². The molecule has 1 aliphatic rings. The largest absolute Gasteiger partial charge is 0.341 e. The van der Waals surface area contributed by atoms with Crippen molar-refractivity contribution >= 4 is 5.91 Å². The van der Waals surface area contributed by atoms with Gasteiger partial charge in [0.15, 0.2) is 0 Å². The Morgan fingerprint density at radius 2 is 2.04 bits per heavy atom. The molecular formula is C20H24N6O. The molecule has 0 aliphatic carbocycles. The van der Waals surface area contributed by atoms with Gasteiger partial charge in [0.1, 0.15) is 18.7 Å². The van der Waals surface area contributed by atoms with Crippen LogP contribution in [-0.2, 0) is 17.8 Å². The summed E-state index contributed by atoms with van der Waals surface area (Å²) in [5.74, 6) is 1.48. The molecule has 1 aromatic carbocycles. The van der Waals surface area contributed by atoms with E-state index < -0.39 is 0 Å². The molecule has 0 bridgehead atoms. The van der Waals surface area contributed by atoms with Crippen LogP contribution in [0.1, 0.15) is 23.6 Å². The molecule has 1 atom stereocenters. The highest BCUT2D eigenvalue weighted by atomic mass is 16.2. The predicted octanol–water partition coefficient (Wildman–Crippen LogP) is 2.17. The van der Waals surface area contributed by atoms with Gasteiger partial charge in [0.05, 0.1) is 5.69 Å².